The van der Waals surface area contributed by atoms with Crippen molar-refractivity contribution in [2.75, 3.05) is 20.1 Å². The van der Waals surface area contributed by atoms with Gasteiger partial charge in [-0.3, -0.25) is 0 Å². The van der Waals surface area contributed by atoms with Gasteiger partial charge in [-0.05, 0) is 26.3 Å². The van der Waals surface area contributed by atoms with Gasteiger partial charge in [-0.25, -0.2) is 0 Å². The summed E-state index contributed by atoms with van der Waals surface area (Å²) in [7, 11) is 2.05. The molecule has 0 spiro atoms. The van der Waals surface area contributed by atoms with E-state index in [1.54, 1.807) is 0 Å². The van der Waals surface area contributed by atoms with E-state index in [-0.39, 0.29) is 0 Å². The summed E-state index contributed by atoms with van der Waals surface area (Å²) in [5, 5.41) is 0. The predicted molar refractivity (Wildman–Crippen MR) is 45.7 cm³/mol. The zero-order valence-electron chi connectivity index (χ0n) is 7.06. The van der Waals surface area contributed by atoms with Gasteiger partial charge in [0.2, 0.25) is 0 Å². The summed E-state index contributed by atoms with van der Waals surface area (Å²) in [5.41, 5.74) is 6.47. The Balaban J connectivity index is 3.21. The van der Waals surface area contributed by atoms with Crippen LogP contribution in [-0.4, -0.2) is 25.0 Å². The minimum atomic E-state index is 0.796. The van der Waals surface area contributed by atoms with Gasteiger partial charge in [0.1, 0.15) is 0 Å². The van der Waals surface area contributed by atoms with Crippen LogP contribution < -0.4 is 5.73 Å². The normalized spacial score (nSPS) is 9.50. The molecule has 0 saturated carbocycles. The first kappa shape index (κ1) is 9.50. The molecule has 0 aliphatic carbocycles. The molecule has 0 aliphatic heterocycles. The highest BCUT2D eigenvalue weighted by Crippen LogP contribution is 1.98. The molecule has 0 bridgehead atoms. The second-order valence-electron chi connectivity index (χ2n) is 2.65. The van der Waals surface area contributed by atoms with E-state index in [4.69, 9.17) is 5.73 Å². The fraction of sp³-hybridized carbons (Fsp3) is 0.750. The van der Waals surface area contributed by atoms with Crippen LogP contribution in [0.2, 0.25) is 0 Å². The largest absolute Gasteiger partial charge is 0.379 e. The Morgan fingerprint density at radius 2 is 2.10 bits per heavy atom. The van der Waals surface area contributed by atoms with E-state index in [1.165, 1.54) is 6.42 Å². The molecule has 0 radical (unpaired) electrons. The van der Waals surface area contributed by atoms with Crippen LogP contribution in [0.15, 0.2) is 12.3 Å². The second-order valence-corrected chi connectivity index (χ2v) is 2.65. The highest BCUT2D eigenvalue weighted by Gasteiger charge is 1.93. The Labute approximate surface area is 63.7 Å². The van der Waals surface area contributed by atoms with Crippen LogP contribution >= 0.6 is 0 Å². The summed E-state index contributed by atoms with van der Waals surface area (Å²) in [6.45, 7) is 7.72. The van der Waals surface area contributed by atoms with Gasteiger partial charge in [0.05, 0.1) is 0 Å². The van der Waals surface area contributed by atoms with Crippen molar-refractivity contribution in [3.63, 3.8) is 0 Å². The minimum absolute atomic E-state index is 0.796. The van der Waals surface area contributed by atoms with Crippen molar-refractivity contribution in [3.8, 4) is 0 Å². The summed E-state index contributed by atoms with van der Waals surface area (Å²) >= 11 is 0. The lowest BCUT2D eigenvalue weighted by molar-refractivity contribution is 0.406. The summed E-state index contributed by atoms with van der Waals surface area (Å²) < 4.78 is 0. The monoisotopic (exact) mass is 142 g/mol. The molecule has 0 atom stereocenters. The quantitative estimate of drug-likeness (QED) is 0.584. The fourth-order valence-corrected chi connectivity index (χ4v) is 0.684. The maximum Gasteiger partial charge on any atom is 0.0171 e. The van der Waals surface area contributed by atoms with Gasteiger partial charge < -0.3 is 10.6 Å². The van der Waals surface area contributed by atoms with Crippen LogP contribution in [0.1, 0.15) is 19.8 Å². The Hall–Kier alpha value is -0.500. The van der Waals surface area contributed by atoms with E-state index >= 15 is 0 Å². The average molecular weight is 142 g/mol. The van der Waals surface area contributed by atoms with E-state index in [1.807, 2.05) is 6.92 Å². The second kappa shape index (κ2) is 5.30. The molecule has 60 valence electrons. The molecule has 0 fully saturated rings. The first-order valence-corrected chi connectivity index (χ1v) is 3.75. The number of hydrogen-bond donors (Lipinski definition) is 1. The lowest BCUT2D eigenvalue weighted by Crippen LogP contribution is -2.17. The van der Waals surface area contributed by atoms with Crippen molar-refractivity contribution in [2.45, 2.75) is 19.8 Å². The molecule has 0 aromatic rings. The van der Waals surface area contributed by atoms with Crippen molar-refractivity contribution in [3.05, 3.63) is 12.3 Å². The molecule has 10 heavy (non-hydrogen) atoms. The lowest BCUT2D eigenvalue weighted by Gasteiger charge is -2.17. The van der Waals surface area contributed by atoms with Crippen LogP contribution in [0.25, 0.3) is 0 Å². The standard InChI is InChI=1S/C8H18N2/c1-8(2)10(3)7-5-4-6-9/h1,4-7,9H2,2-3H3. The molecule has 0 rings (SSSR count). The van der Waals surface area contributed by atoms with Crippen molar-refractivity contribution in [1.82, 2.24) is 4.90 Å². The molecule has 2 heteroatoms. The molecule has 0 aromatic heterocycles. The van der Waals surface area contributed by atoms with Crippen LogP contribution in [0.5, 0.6) is 0 Å². The topological polar surface area (TPSA) is 29.3 Å². The summed E-state index contributed by atoms with van der Waals surface area (Å²) in [6.07, 6.45) is 2.28. The van der Waals surface area contributed by atoms with Gasteiger partial charge in [0.15, 0.2) is 0 Å². The first-order chi connectivity index (χ1) is 4.68. The minimum Gasteiger partial charge on any atom is -0.379 e. The zero-order chi connectivity index (χ0) is 7.98. The maximum absolute atomic E-state index is 5.35. The number of unbranched alkanes of at least 4 members (excludes halogenated alkanes) is 1. The van der Waals surface area contributed by atoms with Crippen LogP contribution in [0, 0.1) is 0 Å². The highest BCUT2D eigenvalue weighted by molar-refractivity contribution is 4.85. The Bertz CT molecular complexity index is 99.4. The maximum atomic E-state index is 5.35. The van der Waals surface area contributed by atoms with E-state index in [2.05, 4.69) is 18.5 Å². The Morgan fingerprint density at radius 3 is 2.50 bits per heavy atom. The zero-order valence-corrected chi connectivity index (χ0v) is 7.06. The van der Waals surface area contributed by atoms with Gasteiger partial charge in [0, 0.05) is 19.3 Å². The molecule has 2 nitrogen and oxygen atoms in total. The number of rotatable bonds is 5. The lowest BCUT2D eigenvalue weighted by atomic mass is 10.3. The first-order valence-electron chi connectivity index (χ1n) is 3.75. The van der Waals surface area contributed by atoms with Crippen molar-refractivity contribution in [2.24, 2.45) is 5.73 Å². The van der Waals surface area contributed by atoms with Gasteiger partial charge in [-0.1, -0.05) is 6.58 Å². The Morgan fingerprint density at radius 1 is 1.50 bits per heavy atom. The van der Waals surface area contributed by atoms with E-state index in [0.717, 1.165) is 25.2 Å². The average Bonchev–Trinajstić information content (AvgIpc) is 1.88. The summed E-state index contributed by atoms with van der Waals surface area (Å²) in [6, 6.07) is 0. The molecular weight excluding hydrogens is 124 g/mol. The van der Waals surface area contributed by atoms with Crippen LogP contribution in [-0.2, 0) is 0 Å². The third-order valence-electron chi connectivity index (χ3n) is 1.60. The molecule has 0 saturated heterocycles. The molecule has 0 aromatic carbocycles. The van der Waals surface area contributed by atoms with Gasteiger partial charge in [-0.15, -0.1) is 0 Å². The van der Waals surface area contributed by atoms with E-state index < -0.39 is 0 Å². The molecule has 2 N–H and O–H groups in total. The van der Waals surface area contributed by atoms with Crippen LogP contribution in [0.3, 0.4) is 0 Å². The molecule has 0 heterocycles. The van der Waals surface area contributed by atoms with Crippen LogP contribution in [0.4, 0.5) is 0 Å². The molecular formula is C8H18N2. The fourth-order valence-electron chi connectivity index (χ4n) is 0.684. The smallest absolute Gasteiger partial charge is 0.0171 e. The van der Waals surface area contributed by atoms with Crippen molar-refractivity contribution < 1.29 is 0 Å². The predicted octanol–water partition coefficient (Wildman–Crippen LogP) is 1.19. The molecule has 0 unspecified atom stereocenters. The number of nitrogens with zero attached hydrogens (tertiary/aromatic N) is 1. The summed E-state index contributed by atoms with van der Waals surface area (Å²) in [4.78, 5) is 2.15. The number of allylic oxidation sites excluding steroid dienone is 1. The van der Waals surface area contributed by atoms with E-state index in [9.17, 15) is 0 Å². The van der Waals surface area contributed by atoms with Gasteiger partial charge >= 0.3 is 0 Å². The third-order valence-corrected chi connectivity index (χ3v) is 1.60. The van der Waals surface area contributed by atoms with Gasteiger partial charge in [-0.2, -0.15) is 0 Å². The SMILES string of the molecule is C=C(C)N(C)CCCCN. The number of hydrogen-bond acceptors (Lipinski definition) is 2. The van der Waals surface area contributed by atoms with Crippen molar-refractivity contribution in [1.29, 1.82) is 0 Å². The molecule has 0 aliphatic rings. The number of nitrogens with two attached hydrogens (primary N) is 1. The molecule has 0 amide bonds. The van der Waals surface area contributed by atoms with Gasteiger partial charge in [0.25, 0.3) is 0 Å². The Kier molecular flexibility index (Phi) is 5.03. The summed E-state index contributed by atoms with van der Waals surface area (Å²) in [5.74, 6) is 0. The van der Waals surface area contributed by atoms with Crippen molar-refractivity contribution >= 4 is 0 Å². The third kappa shape index (κ3) is 4.39. The van der Waals surface area contributed by atoms with E-state index in [0.29, 0.717) is 0 Å². The highest BCUT2D eigenvalue weighted by atomic mass is 15.1.